The molecule has 2 aromatic rings. The van der Waals surface area contributed by atoms with E-state index in [4.69, 9.17) is 4.74 Å². The van der Waals surface area contributed by atoms with E-state index in [0.717, 1.165) is 23.5 Å². The monoisotopic (exact) mass is 386 g/mol. The maximum Gasteiger partial charge on any atom is 0.249 e. The van der Waals surface area contributed by atoms with E-state index in [9.17, 15) is 9.59 Å². The van der Waals surface area contributed by atoms with Crippen LogP contribution >= 0.6 is 0 Å². The molecule has 1 spiro atoms. The number of H-pyrrole nitrogens is 1. The zero-order valence-electron chi connectivity index (χ0n) is 16.3. The summed E-state index contributed by atoms with van der Waals surface area (Å²) >= 11 is 0. The number of carbonyl (C=O) groups excluding carboxylic acids is 2. The van der Waals surface area contributed by atoms with Crippen LogP contribution in [0.15, 0.2) is 18.6 Å². The minimum atomic E-state index is -0.470. The van der Waals surface area contributed by atoms with Crippen molar-refractivity contribution in [1.82, 2.24) is 29.5 Å². The van der Waals surface area contributed by atoms with Crippen LogP contribution in [-0.4, -0.2) is 74.7 Å². The molecule has 0 bridgehead atoms. The molecule has 0 radical (unpaired) electrons. The molecule has 0 aromatic carbocycles. The summed E-state index contributed by atoms with van der Waals surface area (Å²) < 4.78 is 6.76. The maximum absolute atomic E-state index is 12.7. The molecule has 0 saturated carbocycles. The minimum absolute atomic E-state index is 0.0251. The quantitative estimate of drug-likeness (QED) is 0.824. The van der Waals surface area contributed by atoms with Gasteiger partial charge >= 0.3 is 0 Å². The average molecular weight is 386 g/mol. The highest BCUT2D eigenvalue weighted by atomic mass is 16.5. The highest BCUT2D eigenvalue weighted by Crippen LogP contribution is 2.42. The van der Waals surface area contributed by atoms with Crippen molar-refractivity contribution < 1.29 is 14.3 Å². The number of piperidine rings is 1. The van der Waals surface area contributed by atoms with Crippen molar-refractivity contribution in [3.8, 4) is 0 Å². The lowest BCUT2D eigenvalue weighted by atomic mass is 9.78. The Bertz CT molecular complexity index is 865. The fraction of sp³-hybridized carbons (Fsp3) is 0.579. The highest BCUT2D eigenvalue weighted by molar-refractivity contribution is 5.79. The molecule has 2 amide bonds. The van der Waals surface area contributed by atoms with E-state index >= 15 is 0 Å². The number of imidazole rings is 1. The number of aromatic amines is 1. The Hall–Kier alpha value is -2.68. The molecule has 4 rings (SSSR count). The zero-order chi connectivity index (χ0) is 19.7. The van der Waals surface area contributed by atoms with Crippen LogP contribution in [0.4, 0.5) is 0 Å². The fourth-order valence-corrected chi connectivity index (χ4v) is 4.47. The number of carbonyl (C=O) groups is 2. The number of hydrogen-bond donors (Lipinski definition) is 1. The van der Waals surface area contributed by atoms with Crippen molar-refractivity contribution in [3.63, 3.8) is 0 Å². The van der Waals surface area contributed by atoms with Crippen LogP contribution < -0.4 is 0 Å². The molecule has 1 N–H and O–H groups in total. The third-order valence-electron chi connectivity index (χ3n) is 5.84. The zero-order valence-corrected chi connectivity index (χ0v) is 16.3. The Morgan fingerprint density at radius 2 is 2.04 bits per heavy atom. The number of aromatic nitrogens is 4. The van der Waals surface area contributed by atoms with Gasteiger partial charge in [0, 0.05) is 45.1 Å². The SMILES string of the molecule is COCC(=O)N1CCc2[nH]cnc2C12CCN(C(=O)Cn1ccc(C)n1)CC2. The van der Waals surface area contributed by atoms with Gasteiger partial charge in [-0.1, -0.05) is 0 Å². The topological polar surface area (TPSA) is 96.4 Å². The molecule has 150 valence electrons. The number of rotatable bonds is 4. The summed E-state index contributed by atoms with van der Waals surface area (Å²) in [5.74, 6) is 0.0220. The number of aryl methyl sites for hydroxylation is 1. The van der Waals surface area contributed by atoms with Crippen LogP contribution in [0, 0.1) is 6.92 Å². The third-order valence-corrected chi connectivity index (χ3v) is 5.84. The van der Waals surface area contributed by atoms with Crippen molar-refractivity contribution in [2.75, 3.05) is 33.4 Å². The molecule has 28 heavy (non-hydrogen) atoms. The van der Waals surface area contributed by atoms with Crippen LogP contribution in [0.2, 0.25) is 0 Å². The van der Waals surface area contributed by atoms with Gasteiger partial charge in [0.15, 0.2) is 0 Å². The summed E-state index contributed by atoms with van der Waals surface area (Å²) in [6.07, 6.45) is 5.62. The van der Waals surface area contributed by atoms with Crippen LogP contribution in [0.5, 0.6) is 0 Å². The number of nitrogens with zero attached hydrogens (tertiary/aromatic N) is 5. The molecule has 2 aromatic heterocycles. The summed E-state index contributed by atoms with van der Waals surface area (Å²) in [6.45, 7) is 4.01. The van der Waals surface area contributed by atoms with Gasteiger partial charge < -0.3 is 19.5 Å². The molecule has 0 aliphatic carbocycles. The van der Waals surface area contributed by atoms with Crippen LogP contribution in [0.25, 0.3) is 0 Å². The van der Waals surface area contributed by atoms with E-state index in [0.29, 0.717) is 32.5 Å². The van der Waals surface area contributed by atoms with E-state index in [-0.39, 0.29) is 25.0 Å². The molecule has 0 atom stereocenters. The number of methoxy groups -OCH3 is 1. The largest absolute Gasteiger partial charge is 0.375 e. The molecule has 2 aliphatic rings. The van der Waals surface area contributed by atoms with Gasteiger partial charge in [-0.05, 0) is 25.8 Å². The molecular formula is C19H26N6O3. The number of nitrogens with one attached hydrogen (secondary N) is 1. The van der Waals surface area contributed by atoms with Crippen molar-refractivity contribution in [2.24, 2.45) is 0 Å². The fourth-order valence-electron chi connectivity index (χ4n) is 4.47. The van der Waals surface area contributed by atoms with Crippen LogP contribution in [0.1, 0.15) is 29.9 Å². The smallest absolute Gasteiger partial charge is 0.249 e. The number of hydrogen-bond acceptors (Lipinski definition) is 5. The molecule has 9 nitrogen and oxygen atoms in total. The lowest BCUT2D eigenvalue weighted by Crippen LogP contribution is -2.59. The number of likely N-dealkylation sites (tertiary alicyclic amines) is 1. The number of fused-ring (bicyclic) bond motifs is 2. The Labute approximate surface area is 163 Å². The lowest BCUT2D eigenvalue weighted by Gasteiger charge is -2.50. The van der Waals surface area contributed by atoms with Crippen LogP contribution in [0.3, 0.4) is 0 Å². The summed E-state index contributed by atoms with van der Waals surface area (Å²) in [4.78, 5) is 37.0. The highest BCUT2D eigenvalue weighted by Gasteiger charge is 2.49. The number of amides is 2. The van der Waals surface area contributed by atoms with Crippen molar-refractivity contribution in [2.45, 2.75) is 38.3 Å². The molecule has 0 unspecified atom stereocenters. The van der Waals surface area contributed by atoms with Gasteiger partial charge in [0.05, 0.1) is 23.3 Å². The van der Waals surface area contributed by atoms with E-state index < -0.39 is 5.54 Å². The Balaban J connectivity index is 1.51. The normalized spacial score (nSPS) is 18.4. The van der Waals surface area contributed by atoms with Gasteiger partial charge in [-0.25, -0.2) is 4.98 Å². The van der Waals surface area contributed by atoms with E-state index in [1.165, 1.54) is 7.11 Å². The Morgan fingerprint density at radius 1 is 1.25 bits per heavy atom. The molecule has 1 saturated heterocycles. The second-order valence-electron chi connectivity index (χ2n) is 7.53. The second kappa shape index (κ2) is 7.38. The molecule has 9 heteroatoms. The van der Waals surface area contributed by atoms with Gasteiger partial charge in [-0.3, -0.25) is 14.3 Å². The number of ether oxygens (including phenoxy) is 1. The van der Waals surface area contributed by atoms with E-state index in [2.05, 4.69) is 15.1 Å². The predicted octanol–water partition coefficient (Wildman–Crippen LogP) is 0.464. The maximum atomic E-state index is 12.7. The standard InChI is InChI=1S/C19H26N6O3/c1-14-3-7-24(22-14)11-16(26)23-9-5-19(6-10-23)18-15(20-13-21-18)4-8-25(19)17(27)12-28-2/h3,7,13H,4-6,8-12H2,1-2H3,(H,20,21). The Morgan fingerprint density at radius 3 is 2.71 bits per heavy atom. The van der Waals surface area contributed by atoms with Crippen LogP contribution in [-0.2, 0) is 32.8 Å². The first-order chi connectivity index (χ1) is 13.5. The first-order valence-corrected chi connectivity index (χ1v) is 9.63. The molecule has 4 heterocycles. The Kier molecular flexibility index (Phi) is 4.92. The van der Waals surface area contributed by atoms with Crippen molar-refractivity contribution in [1.29, 1.82) is 0 Å². The van der Waals surface area contributed by atoms with Gasteiger partial charge in [0.25, 0.3) is 0 Å². The van der Waals surface area contributed by atoms with E-state index in [1.54, 1.807) is 11.0 Å². The molecule has 1 fully saturated rings. The van der Waals surface area contributed by atoms with Gasteiger partial charge in [0.1, 0.15) is 13.2 Å². The third kappa shape index (κ3) is 3.19. The predicted molar refractivity (Wildman–Crippen MR) is 100 cm³/mol. The first-order valence-electron chi connectivity index (χ1n) is 9.63. The minimum Gasteiger partial charge on any atom is -0.375 e. The van der Waals surface area contributed by atoms with Gasteiger partial charge in [-0.15, -0.1) is 0 Å². The van der Waals surface area contributed by atoms with Gasteiger partial charge in [0.2, 0.25) is 11.8 Å². The molecular weight excluding hydrogens is 360 g/mol. The molecule has 2 aliphatic heterocycles. The summed E-state index contributed by atoms with van der Waals surface area (Å²) in [5, 5.41) is 4.30. The van der Waals surface area contributed by atoms with Gasteiger partial charge in [-0.2, -0.15) is 5.10 Å². The first kappa shape index (κ1) is 18.7. The summed E-state index contributed by atoms with van der Waals surface area (Å²) in [5.41, 5.74) is 2.46. The average Bonchev–Trinajstić information content (AvgIpc) is 3.32. The van der Waals surface area contributed by atoms with Crippen molar-refractivity contribution in [3.05, 3.63) is 35.7 Å². The van der Waals surface area contributed by atoms with E-state index in [1.807, 2.05) is 29.0 Å². The van der Waals surface area contributed by atoms with Crippen molar-refractivity contribution >= 4 is 11.8 Å². The summed E-state index contributed by atoms with van der Waals surface area (Å²) in [7, 11) is 1.53. The summed E-state index contributed by atoms with van der Waals surface area (Å²) in [6, 6.07) is 1.89. The second-order valence-corrected chi connectivity index (χ2v) is 7.53. The lowest BCUT2D eigenvalue weighted by molar-refractivity contribution is -0.148.